The second kappa shape index (κ2) is 6.19. The van der Waals surface area contributed by atoms with Gasteiger partial charge in [-0.1, -0.05) is 0 Å². The van der Waals surface area contributed by atoms with Gasteiger partial charge in [0, 0.05) is 11.1 Å². The predicted molar refractivity (Wildman–Crippen MR) is 73.9 cm³/mol. The third-order valence-corrected chi connectivity index (χ3v) is 2.96. The Bertz CT molecular complexity index is 623. The minimum Gasteiger partial charge on any atom is -0.496 e. The molecule has 0 aliphatic carbocycles. The van der Waals surface area contributed by atoms with E-state index in [2.05, 4.69) is 0 Å². The number of aldehydes is 1. The lowest BCUT2D eigenvalue weighted by Gasteiger charge is -2.11. The highest BCUT2D eigenvalue weighted by Crippen LogP contribution is 2.22. The monoisotopic (exact) mass is 274 g/mol. The average molecular weight is 274 g/mol. The summed E-state index contributed by atoms with van der Waals surface area (Å²) in [5, 5.41) is 0. The van der Waals surface area contributed by atoms with E-state index in [-0.39, 0.29) is 12.4 Å². The van der Waals surface area contributed by atoms with Crippen molar-refractivity contribution in [1.82, 2.24) is 0 Å². The van der Waals surface area contributed by atoms with Crippen LogP contribution in [0.4, 0.5) is 4.39 Å². The van der Waals surface area contributed by atoms with Crippen LogP contribution in [-0.2, 0) is 6.61 Å². The molecule has 0 N–H and O–H groups in total. The Balaban J connectivity index is 2.17. The molecule has 0 aliphatic heterocycles. The summed E-state index contributed by atoms with van der Waals surface area (Å²) in [7, 11) is 1.56. The van der Waals surface area contributed by atoms with Crippen LogP contribution in [0.5, 0.6) is 11.5 Å². The fraction of sp³-hybridized carbons (Fsp3) is 0.188. The molecule has 0 saturated heterocycles. The van der Waals surface area contributed by atoms with Crippen molar-refractivity contribution in [2.75, 3.05) is 7.11 Å². The van der Waals surface area contributed by atoms with E-state index >= 15 is 0 Å². The van der Waals surface area contributed by atoms with Crippen molar-refractivity contribution >= 4 is 6.29 Å². The Hall–Kier alpha value is -2.36. The van der Waals surface area contributed by atoms with Gasteiger partial charge in [-0.25, -0.2) is 4.39 Å². The van der Waals surface area contributed by atoms with Gasteiger partial charge < -0.3 is 9.47 Å². The number of carbonyl (C=O) groups is 1. The van der Waals surface area contributed by atoms with Crippen molar-refractivity contribution in [3.05, 3.63) is 58.9 Å². The fourth-order valence-corrected chi connectivity index (χ4v) is 1.85. The Kier molecular flexibility index (Phi) is 4.35. The lowest BCUT2D eigenvalue weighted by atomic mass is 10.1. The molecular weight excluding hydrogens is 259 g/mol. The average Bonchev–Trinajstić information content (AvgIpc) is 2.48. The third kappa shape index (κ3) is 3.15. The van der Waals surface area contributed by atoms with E-state index in [4.69, 9.17) is 9.47 Å². The third-order valence-electron chi connectivity index (χ3n) is 2.96. The molecule has 0 heterocycles. The number of rotatable bonds is 5. The van der Waals surface area contributed by atoms with Crippen molar-refractivity contribution in [1.29, 1.82) is 0 Å². The van der Waals surface area contributed by atoms with E-state index < -0.39 is 0 Å². The van der Waals surface area contributed by atoms with Crippen LogP contribution in [0.3, 0.4) is 0 Å². The number of ether oxygens (including phenoxy) is 2. The van der Waals surface area contributed by atoms with Crippen molar-refractivity contribution in [2.45, 2.75) is 13.5 Å². The van der Waals surface area contributed by atoms with Gasteiger partial charge in [-0.05, 0) is 48.9 Å². The van der Waals surface area contributed by atoms with Crippen LogP contribution in [0, 0.1) is 12.7 Å². The van der Waals surface area contributed by atoms with Crippen LogP contribution in [0.1, 0.15) is 21.5 Å². The second-order valence-corrected chi connectivity index (χ2v) is 4.39. The molecule has 0 saturated carbocycles. The van der Waals surface area contributed by atoms with Gasteiger partial charge in [0.15, 0.2) is 0 Å². The molecule has 0 atom stereocenters. The normalized spacial score (nSPS) is 10.2. The summed E-state index contributed by atoms with van der Waals surface area (Å²) in [5.74, 6) is 0.953. The molecule has 0 spiro atoms. The molecule has 2 aromatic carbocycles. The minimum absolute atomic E-state index is 0.246. The fourth-order valence-electron chi connectivity index (χ4n) is 1.85. The maximum atomic E-state index is 13.2. The first-order valence-corrected chi connectivity index (χ1v) is 6.15. The summed E-state index contributed by atoms with van der Waals surface area (Å²) < 4.78 is 24.0. The van der Waals surface area contributed by atoms with E-state index in [1.807, 2.05) is 0 Å². The summed E-state index contributed by atoms with van der Waals surface area (Å²) in [5.41, 5.74) is 1.84. The standard InChI is InChI=1S/C16H15FO3/c1-11-7-14(4-5-15(11)17)20-10-13-8-12(9-18)3-6-16(13)19-2/h3-9H,10H2,1-2H3. The maximum absolute atomic E-state index is 13.2. The molecule has 4 heteroatoms. The van der Waals surface area contributed by atoms with Gasteiger partial charge in [0.1, 0.15) is 30.2 Å². The molecule has 0 unspecified atom stereocenters. The van der Waals surface area contributed by atoms with Crippen LogP contribution < -0.4 is 9.47 Å². The largest absolute Gasteiger partial charge is 0.496 e. The van der Waals surface area contributed by atoms with Gasteiger partial charge in [0.2, 0.25) is 0 Å². The molecule has 0 bridgehead atoms. The first-order chi connectivity index (χ1) is 9.63. The van der Waals surface area contributed by atoms with E-state index in [1.54, 1.807) is 44.4 Å². The highest BCUT2D eigenvalue weighted by atomic mass is 19.1. The van der Waals surface area contributed by atoms with Gasteiger partial charge in [-0.3, -0.25) is 4.79 Å². The smallest absolute Gasteiger partial charge is 0.150 e. The zero-order valence-electron chi connectivity index (χ0n) is 11.4. The van der Waals surface area contributed by atoms with Crippen molar-refractivity contribution < 1.29 is 18.7 Å². The van der Waals surface area contributed by atoms with E-state index in [0.717, 1.165) is 11.8 Å². The molecule has 2 rings (SSSR count). The highest BCUT2D eigenvalue weighted by molar-refractivity contribution is 5.75. The van der Waals surface area contributed by atoms with Gasteiger partial charge in [-0.15, -0.1) is 0 Å². The van der Waals surface area contributed by atoms with Gasteiger partial charge in [0.25, 0.3) is 0 Å². The number of halogens is 1. The zero-order valence-corrected chi connectivity index (χ0v) is 11.4. The first kappa shape index (κ1) is 14.1. The van der Waals surface area contributed by atoms with E-state index in [0.29, 0.717) is 22.6 Å². The summed E-state index contributed by atoms with van der Waals surface area (Å²) >= 11 is 0. The first-order valence-electron chi connectivity index (χ1n) is 6.15. The van der Waals surface area contributed by atoms with E-state index in [1.165, 1.54) is 6.07 Å². The van der Waals surface area contributed by atoms with Gasteiger partial charge >= 0.3 is 0 Å². The molecule has 2 aromatic rings. The van der Waals surface area contributed by atoms with Crippen LogP contribution in [0.2, 0.25) is 0 Å². The molecule has 0 aromatic heterocycles. The number of hydrogen-bond acceptors (Lipinski definition) is 3. The Labute approximate surface area is 117 Å². The van der Waals surface area contributed by atoms with E-state index in [9.17, 15) is 9.18 Å². The number of methoxy groups -OCH3 is 1. The molecule has 0 amide bonds. The van der Waals surface area contributed by atoms with Crippen LogP contribution in [0.25, 0.3) is 0 Å². The van der Waals surface area contributed by atoms with Crippen LogP contribution in [-0.4, -0.2) is 13.4 Å². The van der Waals surface area contributed by atoms with Crippen molar-refractivity contribution in [3.63, 3.8) is 0 Å². The zero-order chi connectivity index (χ0) is 14.5. The SMILES string of the molecule is COc1ccc(C=O)cc1COc1ccc(F)c(C)c1. The number of hydrogen-bond donors (Lipinski definition) is 0. The van der Waals surface area contributed by atoms with Crippen molar-refractivity contribution in [3.8, 4) is 11.5 Å². The van der Waals surface area contributed by atoms with Gasteiger partial charge in [0.05, 0.1) is 7.11 Å². The lowest BCUT2D eigenvalue weighted by molar-refractivity contribution is 0.112. The van der Waals surface area contributed by atoms with Gasteiger partial charge in [-0.2, -0.15) is 0 Å². The van der Waals surface area contributed by atoms with Crippen molar-refractivity contribution in [2.24, 2.45) is 0 Å². The molecule has 104 valence electrons. The summed E-state index contributed by atoms with van der Waals surface area (Å²) in [4.78, 5) is 10.8. The number of aryl methyl sites for hydroxylation is 1. The lowest BCUT2D eigenvalue weighted by Crippen LogP contribution is -2.00. The minimum atomic E-state index is -0.266. The van der Waals surface area contributed by atoms with Crippen LogP contribution >= 0.6 is 0 Å². The molecule has 20 heavy (non-hydrogen) atoms. The Morgan fingerprint density at radius 2 is 2.00 bits per heavy atom. The topological polar surface area (TPSA) is 35.5 Å². The number of carbonyl (C=O) groups excluding carboxylic acids is 1. The Morgan fingerprint density at radius 1 is 1.20 bits per heavy atom. The molecule has 3 nitrogen and oxygen atoms in total. The summed E-state index contributed by atoms with van der Waals surface area (Å²) in [6.07, 6.45) is 0.769. The predicted octanol–water partition coefficient (Wildman–Crippen LogP) is 3.53. The number of benzene rings is 2. The Morgan fingerprint density at radius 3 is 2.65 bits per heavy atom. The highest BCUT2D eigenvalue weighted by Gasteiger charge is 2.06. The molecule has 0 fully saturated rings. The maximum Gasteiger partial charge on any atom is 0.150 e. The summed E-state index contributed by atoms with van der Waals surface area (Å²) in [6.45, 7) is 1.92. The molecule has 0 aliphatic rings. The molecule has 0 radical (unpaired) electrons. The quantitative estimate of drug-likeness (QED) is 0.782. The molecular formula is C16H15FO3. The summed E-state index contributed by atoms with van der Waals surface area (Å²) in [6, 6.07) is 9.67. The second-order valence-electron chi connectivity index (χ2n) is 4.39. The van der Waals surface area contributed by atoms with Crippen LogP contribution in [0.15, 0.2) is 36.4 Å².